The van der Waals surface area contributed by atoms with E-state index in [2.05, 4.69) is 63.8 Å². The van der Waals surface area contributed by atoms with Crippen molar-refractivity contribution >= 4 is 27.4 Å². The van der Waals surface area contributed by atoms with Crippen molar-refractivity contribution in [1.82, 2.24) is 20.2 Å². The Labute approximate surface area is 189 Å². The van der Waals surface area contributed by atoms with Crippen LogP contribution in [-0.4, -0.2) is 54.1 Å². The molecule has 1 aliphatic heterocycles. The molecule has 1 aromatic carbocycles. The Morgan fingerprint density at radius 3 is 2.77 bits per heavy atom. The first-order chi connectivity index (χ1) is 15.3. The molecule has 5 rings (SSSR count). The highest BCUT2D eigenvalue weighted by atomic mass is 32.1. The molecule has 31 heavy (non-hydrogen) atoms. The summed E-state index contributed by atoms with van der Waals surface area (Å²) in [6.45, 7) is 5.35. The maximum Gasteiger partial charge on any atom is 0.185 e. The quantitative estimate of drug-likeness (QED) is 0.564. The largest absolute Gasteiger partial charge is 0.361 e. The van der Waals surface area contributed by atoms with Gasteiger partial charge in [-0.25, -0.2) is 4.98 Å². The molecule has 1 saturated carbocycles. The van der Waals surface area contributed by atoms with Crippen molar-refractivity contribution in [3.63, 3.8) is 0 Å². The normalized spacial score (nSPS) is 19.8. The molecule has 1 aliphatic carbocycles. The number of hydrogen-bond donors (Lipinski definition) is 2. The van der Waals surface area contributed by atoms with Crippen LogP contribution in [0.25, 0.3) is 10.9 Å². The molecule has 2 fully saturated rings. The minimum Gasteiger partial charge on any atom is -0.361 e. The number of para-hydroxylation sites is 1. The number of anilines is 1. The molecule has 0 bridgehead atoms. The van der Waals surface area contributed by atoms with Gasteiger partial charge in [-0.1, -0.05) is 37.5 Å². The number of nitrogens with zero attached hydrogens (tertiary/aromatic N) is 3. The summed E-state index contributed by atoms with van der Waals surface area (Å²) in [6.07, 6.45) is 12.3. The summed E-state index contributed by atoms with van der Waals surface area (Å²) in [5.74, 6) is 0.771. The Kier molecular flexibility index (Phi) is 6.58. The summed E-state index contributed by atoms with van der Waals surface area (Å²) in [7, 11) is 2.20. The first-order valence-corrected chi connectivity index (χ1v) is 12.7. The Bertz CT molecular complexity index is 965. The minimum absolute atomic E-state index is 0.522. The Hall–Kier alpha value is -1.89. The van der Waals surface area contributed by atoms with Crippen molar-refractivity contribution < 1.29 is 0 Å². The van der Waals surface area contributed by atoms with Gasteiger partial charge in [0.15, 0.2) is 5.13 Å². The lowest BCUT2D eigenvalue weighted by molar-refractivity contribution is 0.266. The van der Waals surface area contributed by atoms with E-state index in [1.54, 1.807) is 0 Å². The van der Waals surface area contributed by atoms with Gasteiger partial charge in [-0.3, -0.25) is 0 Å². The predicted molar refractivity (Wildman–Crippen MR) is 131 cm³/mol. The number of thiazole rings is 1. The number of likely N-dealkylation sites (N-methyl/N-ethyl adjacent to an activating group) is 1. The van der Waals surface area contributed by atoms with E-state index < -0.39 is 0 Å². The molecule has 1 saturated heterocycles. The highest BCUT2D eigenvalue weighted by Gasteiger charge is 2.25. The summed E-state index contributed by atoms with van der Waals surface area (Å²) in [6, 6.07) is 9.22. The van der Waals surface area contributed by atoms with Crippen molar-refractivity contribution in [3.8, 4) is 0 Å². The SMILES string of the molecule is CN1CCN(c2ncc(CNC(Cc3c[nH]c4ccccc34)C3CCCCC3)s2)CC1. The van der Waals surface area contributed by atoms with E-state index in [-0.39, 0.29) is 0 Å². The van der Waals surface area contributed by atoms with Crippen LogP contribution >= 0.6 is 11.3 Å². The van der Waals surface area contributed by atoms with Crippen molar-refractivity contribution in [1.29, 1.82) is 0 Å². The minimum atomic E-state index is 0.522. The molecule has 0 amide bonds. The van der Waals surface area contributed by atoms with Gasteiger partial charge in [0, 0.05) is 66.9 Å². The van der Waals surface area contributed by atoms with Crippen LogP contribution in [0.3, 0.4) is 0 Å². The first-order valence-electron chi connectivity index (χ1n) is 11.9. The third-order valence-corrected chi connectivity index (χ3v) is 8.25. The number of aromatic amines is 1. The third kappa shape index (κ3) is 4.97. The molecule has 1 unspecified atom stereocenters. The first kappa shape index (κ1) is 21.0. The summed E-state index contributed by atoms with van der Waals surface area (Å²) >= 11 is 1.87. The fourth-order valence-electron chi connectivity index (χ4n) is 5.23. The van der Waals surface area contributed by atoms with Crippen LogP contribution < -0.4 is 10.2 Å². The topological polar surface area (TPSA) is 47.2 Å². The molecule has 3 aromatic rings. The van der Waals surface area contributed by atoms with Gasteiger partial charge in [0.1, 0.15) is 0 Å². The van der Waals surface area contributed by atoms with Gasteiger partial charge in [0.25, 0.3) is 0 Å². The van der Waals surface area contributed by atoms with Crippen molar-refractivity contribution in [3.05, 3.63) is 47.1 Å². The Morgan fingerprint density at radius 1 is 1.13 bits per heavy atom. The maximum atomic E-state index is 4.75. The van der Waals surface area contributed by atoms with E-state index in [0.717, 1.165) is 45.1 Å². The lowest BCUT2D eigenvalue weighted by atomic mass is 9.81. The molecule has 1 atom stereocenters. The zero-order valence-electron chi connectivity index (χ0n) is 18.6. The van der Waals surface area contributed by atoms with Crippen LogP contribution in [0, 0.1) is 5.92 Å². The second-order valence-corrected chi connectivity index (χ2v) is 10.4. The highest BCUT2D eigenvalue weighted by Crippen LogP contribution is 2.30. The lowest BCUT2D eigenvalue weighted by Crippen LogP contribution is -2.44. The standard InChI is InChI=1S/C25H35N5S/c1-29-11-13-30(14-12-29)25-28-18-21(31-25)17-27-24(19-7-3-2-4-8-19)15-20-16-26-23-10-6-5-9-22(20)23/h5-6,9-10,16,18-19,24,26-27H,2-4,7-8,11-15,17H2,1H3. The van der Waals surface area contributed by atoms with Gasteiger partial charge >= 0.3 is 0 Å². The van der Waals surface area contributed by atoms with Crippen molar-refractivity contribution in [2.45, 2.75) is 51.1 Å². The van der Waals surface area contributed by atoms with Crippen LogP contribution in [0.1, 0.15) is 42.5 Å². The number of benzene rings is 1. The monoisotopic (exact) mass is 437 g/mol. The van der Waals surface area contributed by atoms with Gasteiger partial charge in [-0.05, 0) is 43.9 Å². The fourth-order valence-corrected chi connectivity index (χ4v) is 6.15. The Balaban J connectivity index is 1.26. The molecule has 2 N–H and O–H groups in total. The molecule has 0 spiro atoms. The third-order valence-electron chi connectivity index (χ3n) is 7.19. The average Bonchev–Trinajstić information content (AvgIpc) is 3.45. The molecule has 166 valence electrons. The number of piperazine rings is 1. The zero-order chi connectivity index (χ0) is 21.0. The number of H-pyrrole nitrogens is 1. The van der Waals surface area contributed by atoms with Gasteiger partial charge in [0.2, 0.25) is 0 Å². The van der Waals surface area contributed by atoms with Gasteiger partial charge in [-0.15, -0.1) is 11.3 Å². The lowest BCUT2D eigenvalue weighted by Gasteiger charge is -2.32. The summed E-state index contributed by atoms with van der Waals surface area (Å²) in [4.78, 5) is 14.4. The second-order valence-electron chi connectivity index (χ2n) is 9.35. The average molecular weight is 438 g/mol. The zero-order valence-corrected chi connectivity index (χ0v) is 19.5. The van der Waals surface area contributed by atoms with E-state index in [9.17, 15) is 0 Å². The number of nitrogens with one attached hydrogen (secondary N) is 2. The maximum absolute atomic E-state index is 4.75. The van der Waals surface area contributed by atoms with E-state index in [1.807, 2.05) is 11.3 Å². The Morgan fingerprint density at radius 2 is 1.94 bits per heavy atom. The van der Waals surface area contributed by atoms with E-state index >= 15 is 0 Å². The molecule has 6 heteroatoms. The van der Waals surface area contributed by atoms with Crippen molar-refractivity contribution in [2.24, 2.45) is 5.92 Å². The number of hydrogen-bond acceptors (Lipinski definition) is 5. The van der Waals surface area contributed by atoms with Gasteiger partial charge in [-0.2, -0.15) is 0 Å². The van der Waals surface area contributed by atoms with E-state index in [0.29, 0.717) is 6.04 Å². The van der Waals surface area contributed by atoms with E-state index in [1.165, 1.54) is 58.6 Å². The number of aromatic nitrogens is 2. The predicted octanol–water partition coefficient (Wildman–Crippen LogP) is 4.66. The highest BCUT2D eigenvalue weighted by molar-refractivity contribution is 7.15. The molecule has 0 radical (unpaired) electrons. The van der Waals surface area contributed by atoms with Crippen molar-refractivity contribution in [2.75, 3.05) is 38.1 Å². The molecule has 5 nitrogen and oxygen atoms in total. The van der Waals surface area contributed by atoms with Crippen LogP contribution in [-0.2, 0) is 13.0 Å². The molecular weight excluding hydrogens is 402 g/mol. The van der Waals surface area contributed by atoms with Crippen LogP contribution in [0.2, 0.25) is 0 Å². The number of fused-ring (bicyclic) bond motifs is 1. The second kappa shape index (κ2) is 9.72. The smallest absolute Gasteiger partial charge is 0.185 e. The summed E-state index contributed by atoms with van der Waals surface area (Å²) in [5.41, 5.74) is 2.69. The van der Waals surface area contributed by atoms with Crippen LogP contribution in [0.15, 0.2) is 36.7 Å². The van der Waals surface area contributed by atoms with Gasteiger partial charge < -0.3 is 20.1 Å². The van der Waals surface area contributed by atoms with E-state index in [4.69, 9.17) is 4.98 Å². The molecule has 2 aromatic heterocycles. The van der Waals surface area contributed by atoms with Crippen LogP contribution in [0.5, 0.6) is 0 Å². The molecule has 3 heterocycles. The molecular formula is C25H35N5S. The summed E-state index contributed by atoms with van der Waals surface area (Å²) < 4.78 is 0. The summed E-state index contributed by atoms with van der Waals surface area (Å²) in [5, 5.41) is 6.53. The number of rotatable bonds is 7. The van der Waals surface area contributed by atoms with Gasteiger partial charge in [0.05, 0.1) is 0 Å². The fraction of sp³-hybridized carbons (Fsp3) is 0.560. The molecule has 2 aliphatic rings. The van der Waals surface area contributed by atoms with Crippen LogP contribution in [0.4, 0.5) is 5.13 Å².